The number of fused-ring (bicyclic) bond motifs is 3. The predicted octanol–water partition coefficient (Wildman–Crippen LogP) is 2.72. The normalized spacial score (nSPS) is 19.4. The number of halogens is 1. The van der Waals surface area contributed by atoms with Crippen LogP contribution < -0.4 is 10.5 Å². The fraction of sp³-hybridized carbons (Fsp3) is 0.333. The molecular formula is C21H19ClN4O3. The number of carbonyl (C=O) groups excluding carboxylic acids is 1. The van der Waals surface area contributed by atoms with E-state index < -0.39 is 0 Å². The first kappa shape index (κ1) is 18.3. The number of rotatable bonds is 2. The number of nitrogens with one attached hydrogen (secondary N) is 1. The Morgan fingerprint density at radius 1 is 1.17 bits per heavy atom. The van der Waals surface area contributed by atoms with Gasteiger partial charge in [-0.2, -0.15) is 4.98 Å². The van der Waals surface area contributed by atoms with Gasteiger partial charge in [-0.25, -0.2) is 4.98 Å². The average Bonchev–Trinajstić information content (AvgIpc) is 2.73. The minimum atomic E-state index is -0.264. The minimum absolute atomic E-state index is 0.0118. The van der Waals surface area contributed by atoms with E-state index in [4.69, 9.17) is 16.3 Å². The zero-order valence-electron chi connectivity index (χ0n) is 15.7. The molecule has 29 heavy (non-hydrogen) atoms. The van der Waals surface area contributed by atoms with E-state index >= 15 is 0 Å². The van der Waals surface area contributed by atoms with Gasteiger partial charge in [-0.05, 0) is 35.6 Å². The zero-order valence-corrected chi connectivity index (χ0v) is 16.4. The van der Waals surface area contributed by atoms with Gasteiger partial charge in [0.2, 0.25) is 5.95 Å². The molecule has 148 valence electrons. The first-order valence-electron chi connectivity index (χ1n) is 9.63. The van der Waals surface area contributed by atoms with E-state index in [1.165, 1.54) is 0 Å². The van der Waals surface area contributed by atoms with Crippen molar-refractivity contribution in [3.05, 3.63) is 62.5 Å². The lowest BCUT2D eigenvalue weighted by atomic mass is 9.79. The van der Waals surface area contributed by atoms with Crippen molar-refractivity contribution in [1.29, 1.82) is 0 Å². The third-order valence-electron chi connectivity index (χ3n) is 5.64. The summed E-state index contributed by atoms with van der Waals surface area (Å²) < 4.78 is 5.36. The predicted molar refractivity (Wildman–Crippen MR) is 110 cm³/mol. The summed E-state index contributed by atoms with van der Waals surface area (Å²) in [5.41, 5.74) is 2.34. The molecule has 7 nitrogen and oxygen atoms in total. The van der Waals surface area contributed by atoms with Crippen LogP contribution in [0.15, 0.2) is 35.3 Å². The molecule has 2 aliphatic rings. The van der Waals surface area contributed by atoms with Gasteiger partial charge in [-0.3, -0.25) is 14.6 Å². The molecule has 3 heterocycles. The Morgan fingerprint density at radius 2 is 2.00 bits per heavy atom. The highest BCUT2D eigenvalue weighted by Gasteiger charge is 2.30. The standard InChI is InChI=1S/C21H19ClN4O3/c22-14-3-1-2-12(8-14)13-9-15-16(17(27)10-13)11-23-19-18(15)20(28)25-21(24-19)26-4-6-29-7-5-26/h1-3,8,11,13H,4-7,9-10H2,(H,23,24,25,28)/t13-/m1/s1. The Labute approximate surface area is 171 Å². The maximum Gasteiger partial charge on any atom is 0.262 e. The van der Waals surface area contributed by atoms with E-state index in [0.29, 0.717) is 66.7 Å². The number of aromatic amines is 1. The van der Waals surface area contributed by atoms with Gasteiger partial charge >= 0.3 is 0 Å². The number of H-pyrrole nitrogens is 1. The number of ketones is 1. The second-order valence-electron chi connectivity index (χ2n) is 7.42. The highest BCUT2D eigenvalue weighted by Crippen LogP contribution is 2.35. The Hall–Kier alpha value is -2.77. The van der Waals surface area contributed by atoms with Crippen LogP contribution in [0.4, 0.5) is 5.95 Å². The van der Waals surface area contributed by atoms with Gasteiger partial charge < -0.3 is 9.64 Å². The third kappa shape index (κ3) is 3.30. The number of ether oxygens (including phenoxy) is 1. The second kappa shape index (κ2) is 7.24. The molecule has 0 bridgehead atoms. The number of hydrogen-bond donors (Lipinski definition) is 1. The number of nitrogens with zero attached hydrogens (tertiary/aromatic N) is 3. The number of carbonyl (C=O) groups is 1. The molecule has 1 aliphatic carbocycles. The fourth-order valence-corrected chi connectivity index (χ4v) is 4.38. The first-order valence-corrected chi connectivity index (χ1v) is 10.0. The maximum atomic E-state index is 13.0. The van der Waals surface area contributed by atoms with E-state index in [0.717, 1.165) is 11.1 Å². The van der Waals surface area contributed by atoms with Crippen molar-refractivity contribution in [3.8, 4) is 0 Å². The largest absolute Gasteiger partial charge is 0.378 e. The molecule has 1 fully saturated rings. The SMILES string of the molecule is O=C1C[C@H](c2cccc(Cl)c2)Cc2c1cnc1nc(N3CCOCC3)[nH]c(=O)c21. The smallest absolute Gasteiger partial charge is 0.262 e. The summed E-state index contributed by atoms with van der Waals surface area (Å²) >= 11 is 6.14. The van der Waals surface area contributed by atoms with Crippen molar-refractivity contribution in [3.63, 3.8) is 0 Å². The summed E-state index contributed by atoms with van der Waals surface area (Å²) in [5, 5.41) is 1.04. The molecule has 1 atom stereocenters. The lowest BCUT2D eigenvalue weighted by molar-refractivity contribution is 0.0964. The van der Waals surface area contributed by atoms with Gasteiger partial charge in [-0.15, -0.1) is 0 Å². The van der Waals surface area contributed by atoms with Crippen molar-refractivity contribution in [2.45, 2.75) is 18.8 Å². The van der Waals surface area contributed by atoms with E-state index in [1.54, 1.807) is 6.20 Å². The molecule has 1 aromatic carbocycles. The summed E-state index contributed by atoms with van der Waals surface area (Å²) in [6.07, 6.45) is 2.50. The van der Waals surface area contributed by atoms with Gasteiger partial charge in [0.25, 0.3) is 5.56 Å². The number of aromatic nitrogens is 3. The highest BCUT2D eigenvalue weighted by atomic mass is 35.5. The van der Waals surface area contributed by atoms with Gasteiger partial charge in [0.05, 0.1) is 18.6 Å². The Bertz CT molecular complexity index is 1170. The molecule has 8 heteroatoms. The molecule has 3 aromatic rings. The number of hydrogen-bond acceptors (Lipinski definition) is 6. The number of anilines is 1. The molecule has 0 radical (unpaired) electrons. The van der Waals surface area contributed by atoms with Gasteiger partial charge in [0.1, 0.15) is 0 Å². The molecule has 1 saturated heterocycles. The van der Waals surface area contributed by atoms with E-state index in [9.17, 15) is 9.59 Å². The number of benzene rings is 1. The van der Waals surface area contributed by atoms with Crippen molar-refractivity contribution >= 4 is 34.4 Å². The van der Waals surface area contributed by atoms with Crippen LogP contribution in [0, 0.1) is 0 Å². The van der Waals surface area contributed by atoms with Crippen molar-refractivity contribution < 1.29 is 9.53 Å². The molecule has 1 aliphatic heterocycles. The molecule has 0 spiro atoms. The molecule has 0 amide bonds. The third-order valence-corrected chi connectivity index (χ3v) is 5.88. The van der Waals surface area contributed by atoms with Crippen molar-refractivity contribution in [2.75, 3.05) is 31.2 Å². The topological polar surface area (TPSA) is 88.2 Å². The lowest BCUT2D eigenvalue weighted by Crippen LogP contribution is -2.38. The summed E-state index contributed by atoms with van der Waals surface area (Å²) in [5.74, 6) is 0.451. The van der Waals surface area contributed by atoms with E-state index in [2.05, 4.69) is 15.0 Å². The van der Waals surface area contributed by atoms with E-state index in [1.807, 2.05) is 29.2 Å². The second-order valence-corrected chi connectivity index (χ2v) is 7.86. The Morgan fingerprint density at radius 3 is 2.79 bits per heavy atom. The van der Waals surface area contributed by atoms with Crippen LogP contribution in [0.25, 0.3) is 11.0 Å². The minimum Gasteiger partial charge on any atom is -0.378 e. The number of pyridine rings is 1. The summed E-state index contributed by atoms with van der Waals surface area (Å²) in [7, 11) is 0. The molecule has 1 N–H and O–H groups in total. The van der Waals surface area contributed by atoms with Crippen LogP contribution >= 0.6 is 11.6 Å². The van der Waals surface area contributed by atoms with Crippen molar-refractivity contribution in [2.24, 2.45) is 0 Å². The van der Waals surface area contributed by atoms with Crippen LogP contribution in [0.5, 0.6) is 0 Å². The summed E-state index contributed by atoms with van der Waals surface area (Å²) in [6, 6.07) is 7.54. The number of Topliss-reactive ketones (excluding diaryl/α,β-unsaturated/α-hetero) is 1. The van der Waals surface area contributed by atoms with Gasteiger partial charge in [-0.1, -0.05) is 23.7 Å². The monoisotopic (exact) mass is 410 g/mol. The average molecular weight is 411 g/mol. The first-order chi connectivity index (χ1) is 14.1. The molecule has 0 unspecified atom stereocenters. The van der Waals surface area contributed by atoms with Gasteiger partial charge in [0.15, 0.2) is 11.4 Å². The summed E-state index contributed by atoms with van der Waals surface area (Å²) in [4.78, 5) is 39.6. The highest BCUT2D eigenvalue weighted by molar-refractivity contribution is 6.30. The molecule has 2 aromatic heterocycles. The lowest BCUT2D eigenvalue weighted by Gasteiger charge is -2.28. The van der Waals surface area contributed by atoms with Gasteiger partial charge in [0, 0.05) is 36.3 Å². The molecule has 0 saturated carbocycles. The Kier molecular flexibility index (Phi) is 4.56. The number of morpholine rings is 1. The zero-order chi connectivity index (χ0) is 20.0. The van der Waals surface area contributed by atoms with Crippen LogP contribution in [0.1, 0.15) is 33.8 Å². The Balaban J connectivity index is 1.60. The maximum absolute atomic E-state index is 13.0. The van der Waals surface area contributed by atoms with Crippen molar-refractivity contribution in [1.82, 2.24) is 15.0 Å². The molecule has 5 rings (SSSR count). The van der Waals surface area contributed by atoms with Crippen LogP contribution in [-0.2, 0) is 11.2 Å². The quantitative estimate of drug-likeness (QED) is 0.698. The summed E-state index contributed by atoms with van der Waals surface area (Å²) in [6.45, 7) is 2.51. The van der Waals surface area contributed by atoms with Crippen LogP contribution in [0.3, 0.4) is 0 Å². The van der Waals surface area contributed by atoms with Crippen LogP contribution in [0.2, 0.25) is 5.02 Å². The molecular weight excluding hydrogens is 392 g/mol. The fourth-order valence-electron chi connectivity index (χ4n) is 4.18. The van der Waals surface area contributed by atoms with Crippen LogP contribution in [-0.4, -0.2) is 47.0 Å². The van der Waals surface area contributed by atoms with E-state index in [-0.39, 0.29) is 17.3 Å².